The Hall–Kier alpha value is -3.09. The lowest BCUT2D eigenvalue weighted by molar-refractivity contribution is -0.143. The van der Waals surface area contributed by atoms with Crippen molar-refractivity contribution in [3.63, 3.8) is 0 Å². The van der Waals surface area contributed by atoms with Crippen LogP contribution in [0.25, 0.3) is 11.1 Å². The summed E-state index contributed by atoms with van der Waals surface area (Å²) in [6, 6.07) is 2.46. The Kier molecular flexibility index (Phi) is 3.73. The average Bonchev–Trinajstić information content (AvgIpc) is 2.43. The summed E-state index contributed by atoms with van der Waals surface area (Å²) in [5, 5.41) is 18.2. The molecule has 0 saturated carbocycles. The molecule has 2 rings (SSSR count). The molecule has 0 atom stereocenters. The largest absolute Gasteiger partial charge is 0.507 e. The Morgan fingerprint density at radius 2 is 1.91 bits per heavy atom. The minimum Gasteiger partial charge on any atom is -0.507 e. The number of H-pyrrole nitrogens is 1. The Labute approximate surface area is 124 Å². The van der Waals surface area contributed by atoms with E-state index in [1.165, 1.54) is 6.07 Å². The summed E-state index contributed by atoms with van der Waals surface area (Å²) in [6.45, 7) is 0. The number of aromatic amines is 1. The molecule has 10 heteroatoms. The Morgan fingerprint density at radius 3 is 2.43 bits per heavy atom. The number of rotatable bonds is 1. The Balaban J connectivity index is 2.99. The molecule has 0 aliphatic rings. The number of aromatic hydroxyl groups is 1. The zero-order chi connectivity index (χ0) is 17.5. The van der Waals surface area contributed by atoms with Gasteiger partial charge in [0.1, 0.15) is 23.3 Å². The number of nitrogens with one attached hydrogen (secondary N) is 1. The molecule has 0 aliphatic heterocycles. The lowest BCUT2D eigenvalue weighted by atomic mass is 10.0. The number of nitriles is 1. The molecule has 0 fully saturated rings. The molecule has 1 heterocycles. The van der Waals surface area contributed by atoms with Crippen molar-refractivity contribution in [2.24, 2.45) is 7.05 Å². The fourth-order valence-corrected chi connectivity index (χ4v) is 2.04. The lowest BCUT2D eigenvalue weighted by Gasteiger charge is -2.16. The Bertz CT molecular complexity index is 951. The van der Waals surface area contributed by atoms with Crippen molar-refractivity contribution >= 4 is 0 Å². The molecule has 23 heavy (non-hydrogen) atoms. The predicted octanol–water partition coefficient (Wildman–Crippen LogP) is 1.48. The highest BCUT2D eigenvalue weighted by Crippen LogP contribution is 2.36. The van der Waals surface area contributed by atoms with Gasteiger partial charge in [0.25, 0.3) is 5.56 Å². The van der Waals surface area contributed by atoms with Crippen LogP contribution in [-0.2, 0) is 13.2 Å². The third-order valence-electron chi connectivity index (χ3n) is 3.07. The standard InChI is InChI=1S/C13H7F4N3O3/c1-20-10(13(15,16)17)9(11(22)19-12(20)23)6-3-8(21)5(4-18)2-7(6)14/h2-3,21H,1H3,(H,19,22,23). The normalized spacial score (nSPS) is 11.3. The third kappa shape index (κ3) is 2.68. The third-order valence-corrected chi connectivity index (χ3v) is 3.07. The molecule has 0 spiro atoms. The smallest absolute Gasteiger partial charge is 0.432 e. The van der Waals surface area contributed by atoms with E-state index in [1.807, 2.05) is 0 Å². The first-order valence-corrected chi connectivity index (χ1v) is 5.91. The number of hydrogen-bond acceptors (Lipinski definition) is 4. The monoisotopic (exact) mass is 329 g/mol. The molecule has 0 amide bonds. The molecule has 0 unspecified atom stereocenters. The van der Waals surface area contributed by atoms with Crippen molar-refractivity contribution in [1.82, 2.24) is 9.55 Å². The topological polar surface area (TPSA) is 98.9 Å². The van der Waals surface area contributed by atoms with E-state index in [4.69, 9.17) is 5.26 Å². The van der Waals surface area contributed by atoms with Crippen LogP contribution in [0.15, 0.2) is 21.7 Å². The van der Waals surface area contributed by atoms with Gasteiger partial charge in [0.05, 0.1) is 11.1 Å². The summed E-state index contributed by atoms with van der Waals surface area (Å²) in [5.41, 5.74) is -7.04. The van der Waals surface area contributed by atoms with Crippen LogP contribution in [0.3, 0.4) is 0 Å². The average molecular weight is 329 g/mol. The number of alkyl halides is 3. The number of aromatic nitrogens is 2. The minimum absolute atomic E-state index is 0.116. The van der Waals surface area contributed by atoms with Gasteiger partial charge in [0.15, 0.2) is 0 Å². The van der Waals surface area contributed by atoms with Crippen LogP contribution in [0.5, 0.6) is 5.75 Å². The summed E-state index contributed by atoms with van der Waals surface area (Å²) in [7, 11) is 0.756. The number of hydrogen-bond donors (Lipinski definition) is 2. The first-order valence-electron chi connectivity index (χ1n) is 5.91. The van der Waals surface area contributed by atoms with Gasteiger partial charge in [0.2, 0.25) is 0 Å². The molecule has 1 aromatic heterocycles. The lowest BCUT2D eigenvalue weighted by Crippen LogP contribution is -2.35. The number of halogens is 4. The van der Waals surface area contributed by atoms with Gasteiger partial charge in [-0.2, -0.15) is 18.4 Å². The van der Waals surface area contributed by atoms with Crippen LogP contribution < -0.4 is 11.2 Å². The van der Waals surface area contributed by atoms with Gasteiger partial charge in [-0.05, 0) is 12.1 Å². The fourth-order valence-electron chi connectivity index (χ4n) is 2.04. The van der Waals surface area contributed by atoms with Crippen molar-refractivity contribution < 1.29 is 22.7 Å². The summed E-state index contributed by atoms with van der Waals surface area (Å²) in [5.74, 6) is -2.13. The maximum absolute atomic E-state index is 14.0. The second-order valence-corrected chi connectivity index (χ2v) is 4.50. The van der Waals surface area contributed by atoms with Crippen LogP contribution in [0, 0.1) is 17.1 Å². The number of nitrogens with zero attached hydrogens (tertiary/aromatic N) is 2. The van der Waals surface area contributed by atoms with Crippen molar-refractivity contribution in [1.29, 1.82) is 5.26 Å². The Morgan fingerprint density at radius 1 is 1.30 bits per heavy atom. The summed E-state index contributed by atoms with van der Waals surface area (Å²) in [4.78, 5) is 24.8. The van der Waals surface area contributed by atoms with Crippen LogP contribution in [0.4, 0.5) is 17.6 Å². The molecule has 0 saturated heterocycles. The summed E-state index contributed by atoms with van der Waals surface area (Å²) in [6.07, 6.45) is -5.13. The van der Waals surface area contributed by atoms with Gasteiger partial charge >= 0.3 is 11.9 Å². The van der Waals surface area contributed by atoms with Gasteiger partial charge in [0, 0.05) is 12.6 Å². The fraction of sp³-hybridized carbons (Fsp3) is 0.154. The second kappa shape index (κ2) is 5.28. The van der Waals surface area contributed by atoms with Gasteiger partial charge in [-0.15, -0.1) is 0 Å². The number of phenols is 1. The molecule has 2 aromatic rings. The number of benzene rings is 1. The quantitative estimate of drug-likeness (QED) is 0.774. The van der Waals surface area contributed by atoms with Crippen LogP contribution >= 0.6 is 0 Å². The van der Waals surface area contributed by atoms with Crippen LogP contribution in [-0.4, -0.2) is 14.7 Å². The van der Waals surface area contributed by atoms with E-state index >= 15 is 0 Å². The molecular formula is C13H7F4N3O3. The molecule has 0 aliphatic carbocycles. The molecule has 0 bridgehead atoms. The van der Waals surface area contributed by atoms with Crippen molar-refractivity contribution in [2.45, 2.75) is 6.18 Å². The minimum atomic E-state index is -5.13. The zero-order valence-corrected chi connectivity index (χ0v) is 11.3. The first-order chi connectivity index (χ1) is 10.6. The van der Waals surface area contributed by atoms with Crippen molar-refractivity contribution in [3.8, 4) is 22.9 Å². The van der Waals surface area contributed by atoms with E-state index in [-0.39, 0.29) is 4.57 Å². The second-order valence-electron chi connectivity index (χ2n) is 4.50. The van der Waals surface area contributed by atoms with Gasteiger partial charge in [-0.1, -0.05) is 0 Å². The molecule has 120 valence electrons. The van der Waals surface area contributed by atoms with Crippen molar-refractivity contribution in [2.75, 3.05) is 0 Å². The highest BCUT2D eigenvalue weighted by molar-refractivity contribution is 5.69. The number of phenolic OH excluding ortho intramolecular Hbond substituents is 1. The molecule has 2 N–H and O–H groups in total. The van der Waals surface area contributed by atoms with E-state index in [1.54, 1.807) is 4.98 Å². The maximum atomic E-state index is 14.0. The van der Waals surface area contributed by atoms with E-state index in [9.17, 15) is 32.3 Å². The predicted molar refractivity (Wildman–Crippen MR) is 69.1 cm³/mol. The zero-order valence-electron chi connectivity index (χ0n) is 11.3. The SMILES string of the molecule is Cn1c(C(F)(F)F)c(-c2cc(O)c(C#N)cc2F)c(=O)[nH]c1=O. The highest BCUT2D eigenvalue weighted by atomic mass is 19.4. The molecule has 6 nitrogen and oxygen atoms in total. The molecule has 0 radical (unpaired) electrons. The van der Waals surface area contributed by atoms with E-state index in [2.05, 4.69) is 0 Å². The van der Waals surface area contributed by atoms with Gasteiger partial charge < -0.3 is 5.11 Å². The van der Waals surface area contributed by atoms with Gasteiger partial charge in [-0.3, -0.25) is 14.3 Å². The summed E-state index contributed by atoms with van der Waals surface area (Å²) >= 11 is 0. The van der Waals surface area contributed by atoms with Crippen molar-refractivity contribution in [3.05, 3.63) is 50.0 Å². The van der Waals surface area contributed by atoms with Crippen LogP contribution in [0.2, 0.25) is 0 Å². The van der Waals surface area contributed by atoms with E-state index < -0.39 is 51.4 Å². The molecule has 1 aromatic carbocycles. The summed E-state index contributed by atoms with van der Waals surface area (Å²) < 4.78 is 53.7. The van der Waals surface area contributed by atoms with Crippen LogP contribution in [0.1, 0.15) is 11.3 Å². The van der Waals surface area contributed by atoms with E-state index in [0.717, 1.165) is 7.05 Å². The van der Waals surface area contributed by atoms with Gasteiger partial charge in [-0.25, -0.2) is 9.18 Å². The van der Waals surface area contributed by atoms with E-state index in [0.29, 0.717) is 12.1 Å². The molecular weight excluding hydrogens is 322 g/mol. The highest BCUT2D eigenvalue weighted by Gasteiger charge is 2.39. The first kappa shape index (κ1) is 16.3. The maximum Gasteiger partial charge on any atom is 0.432 e.